The first-order valence-electron chi connectivity index (χ1n) is 7.83. The highest BCUT2D eigenvalue weighted by Gasteiger charge is 2.18. The molecule has 0 fully saturated rings. The molecule has 1 radical (unpaired) electrons. The predicted molar refractivity (Wildman–Crippen MR) is 83.3 cm³/mol. The minimum Gasteiger partial charge on any atom is -0.212 e. The van der Waals surface area contributed by atoms with Crippen molar-refractivity contribution in [1.29, 1.82) is 0 Å². The van der Waals surface area contributed by atoms with E-state index >= 15 is 0 Å². The number of hydrogen-bond donors (Lipinski definition) is 1. The van der Waals surface area contributed by atoms with Crippen molar-refractivity contribution in [2.24, 2.45) is 0 Å². The molecule has 1 unspecified atom stereocenters. The van der Waals surface area contributed by atoms with Gasteiger partial charge in [0.2, 0.25) is 10.0 Å². The third-order valence-electron chi connectivity index (χ3n) is 3.53. The van der Waals surface area contributed by atoms with Crippen LogP contribution >= 0.6 is 0 Å². The quantitative estimate of drug-likeness (QED) is 0.511. The first kappa shape index (κ1) is 18.9. The number of nitrogens with one attached hydrogen (secondary N) is 1. The number of unbranched alkanes of at least 4 members (excludes halogenated alkanes) is 8. The third-order valence-corrected chi connectivity index (χ3v) is 5.39. The van der Waals surface area contributed by atoms with Gasteiger partial charge in [0.25, 0.3) is 0 Å². The molecule has 3 nitrogen and oxygen atoms in total. The van der Waals surface area contributed by atoms with E-state index in [-0.39, 0.29) is 5.25 Å². The lowest BCUT2D eigenvalue weighted by Gasteiger charge is -2.12. The van der Waals surface area contributed by atoms with Crippen LogP contribution in [0.5, 0.6) is 0 Å². The Morgan fingerprint density at radius 1 is 0.947 bits per heavy atom. The molecule has 0 aromatic rings. The van der Waals surface area contributed by atoms with Crippen molar-refractivity contribution < 1.29 is 8.42 Å². The van der Waals surface area contributed by atoms with Crippen LogP contribution in [-0.2, 0) is 10.0 Å². The van der Waals surface area contributed by atoms with Crippen molar-refractivity contribution >= 4 is 10.0 Å². The maximum absolute atomic E-state index is 11.7. The molecule has 0 aliphatic rings. The van der Waals surface area contributed by atoms with Crippen molar-refractivity contribution in [2.75, 3.05) is 0 Å². The number of hydrogen-bond acceptors (Lipinski definition) is 2. The molecule has 0 heterocycles. The van der Waals surface area contributed by atoms with E-state index in [1.54, 1.807) is 13.8 Å². The van der Waals surface area contributed by atoms with Gasteiger partial charge in [-0.05, 0) is 20.3 Å². The van der Waals surface area contributed by atoms with Gasteiger partial charge in [-0.1, -0.05) is 64.7 Å². The van der Waals surface area contributed by atoms with Gasteiger partial charge in [0.1, 0.15) is 0 Å². The van der Waals surface area contributed by atoms with Gasteiger partial charge >= 0.3 is 0 Å². The van der Waals surface area contributed by atoms with E-state index in [9.17, 15) is 8.42 Å². The summed E-state index contributed by atoms with van der Waals surface area (Å²) in [5.41, 5.74) is 0. The molecule has 0 amide bonds. The van der Waals surface area contributed by atoms with Gasteiger partial charge in [0.05, 0.1) is 5.25 Å². The first-order valence-corrected chi connectivity index (χ1v) is 9.38. The molecular weight excluding hydrogens is 258 g/mol. The lowest BCUT2D eigenvalue weighted by Crippen LogP contribution is -2.30. The van der Waals surface area contributed by atoms with Gasteiger partial charge < -0.3 is 0 Å². The molecule has 0 aliphatic heterocycles. The van der Waals surface area contributed by atoms with Gasteiger partial charge in [0, 0.05) is 6.54 Å². The zero-order valence-electron chi connectivity index (χ0n) is 13.0. The van der Waals surface area contributed by atoms with E-state index in [2.05, 4.69) is 11.6 Å². The van der Waals surface area contributed by atoms with Crippen LogP contribution in [0.15, 0.2) is 0 Å². The third kappa shape index (κ3) is 10.4. The highest BCUT2D eigenvalue weighted by atomic mass is 32.2. The van der Waals surface area contributed by atoms with Crippen LogP contribution in [0.3, 0.4) is 0 Å². The molecule has 1 N–H and O–H groups in total. The summed E-state index contributed by atoms with van der Waals surface area (Å²) in [6.45, 7) is 7.21. The van der Waals surface area contributed by atoms with Gasteiger partial charge in [-0.15, -0.1) is 0 Å². The zero-order chi connectivity index (χ0) is 14.6. The summed E-state index contributed by atoms with van der Waals surface area (Å²) in [6.07, 6.45) is 12.2. The van der Waals surface area contributed by atoms with E-state index in [4.69, 9.17) is 0 Å². The second-order valence-corrected chi connectivity index (χ2v) is 7.51. The predicted octanol–water partition coefficient (Wildman–Crippen LogP) is 4.40. The molecule has 0 rings (SSSR count). The van der Waals surface area contributed by atoms with Crippen LogP contribution in [0.2, 0.25) is 0 Å². The summed E-state index contributed by atoms with van der Waals surface area (Å²) >= 11 is 0. The minimum atomic E-state index is -3.12. The van der Waals surface area contributed by atoms with Crippen molar-refractivity contribution in [3.05, 3.63) is 6.54 Å². The highest BCUT2D eigenvalue weighted by molar-refractivity contribution is 7.90. The van der Waals surface area contributed by atoms with Gasteiger partial charge in [0.15, 0.2) is 0 Å². The van der Waals surface area contributed by atoms with Crippen LogP contribution in [-0.4, -0.2) is 13.7 Å². The van der Waals surface area contributed by atoms with E-state index in [0.29, 0.717) is 0 Å². The largest absolute Gasteiger partial charge is 0.214 e. The molecule has 0 aromatic heterocycles. The summed E-state index contributed by atoms with van der Waals surface area (Å²) in [5.74, 6) is 0. The maximum Gasteiger partial charge on any atom is 0.214 e. The summed E-state index contributed by atoms with van der Waals surface area (Å²) in [6, 6.07) is 0. The Morgan fingerprint density at radius 3 is 1.89 bits per heavy atom. The zero-order valence-corrected chi connectivity index (χ0v) is 13.8. The first-order chi connectivity index (χ1) is 9.04. The molecule has 0 aromatic carbocycles. The van der Waals surface area contributed by atoms with Crippen LogP contribution in [0.4, 0.5) is 0 Å². The smallest absolute Gasteiger partial charge is 0.212 e. The van der Waals surface area contributed by atoms with Gasteiger partial charge in [-0.3, -0.25) is 0 Å². The van der Waals surface area contributed by atoms with E-state index in [1.807, 2.05) is 0 Å². The van der Waals surface area contributed by atoms with Crippen molar-refractivity contribution in [3.8, 4) is 0 Å². The second kappa shape index (κ2) is 11.7. The molecule has 19 heavy (non-hydrogen) atoms. The van der Waals surface area contributed by atoms with E-state index in [0.717, 1.165) is 19.3 Å². The molecule has 4 heteroatoms. The Balaban J connectivity index is 3.44. The van der Waals surface area contributed by atoms with Crippen molar-refractivity contribution in [2.45, 2.75) is 90.2 Å². The lowest BCUT2D eigenvalue weighted by molar-refractivity contribution is 0.539. The van der Waals surface area contributed by atoms with E-state index < -0.39 is 10.0 Å². The second-order valence-electron chi connectivity index (χ2n) is 5.38. The lowest BCUT2D eigenvalue weighted by atomic mass is 10.1. The summed E-state index contributed by atoms with van der Waals surface area (Å²) in [7, 11) is -3.12. The van der Waals surface area contributed by atoms with E-state index in [1.165, 1.54) is 51.5 Å². The highest BCUT2D eigenvalue weighted by Crippen LogP contribution is 2.13. The summed E-state index contributed by atoms with van der Waals surface area (Å²) in [4.78, 5) is 0. The Bertz CT molecular complexity index is 289. The molecule has 0 bridgehead atoms. The summed E-state index contributed by atoms with van der Waals surface area (Å²) < 4.78 is 25.8. The minimum absolute atomic E-state index is 0.284. The fourth-order valence-corrected chi connectivity index (χ4v) is 3.22. The van der Waals surface area contributed by atoms with Crippen LogP contribution < -0.4 is 4.72 Å². The van der Waals surface area contributed by atoms with Gasteiger partial charge in [-0.2, -0.15) is 0 Å². The topological polar surface area (TPSA) is 46.2 Å². The maximum atomic E-state index is 11.7. The molecule has 0 saturated carbocycles. The van der Waals surface area contributed by atoms with Crippen LogP contribution in [0.1, 0.15) is 85.0 Å². The number of sulfonamides is 1. The monoisotopic (exact) mass is 290 g/mol. The number of rotatable bonds is 13. The Hall–Kier alpha value is -0.0900. The standard InChI is InChI=1S/C15H32NO2S/c1-4-6-7-8-9-10-11-12-13-14-15(3)19(17,18)16-5-2/h5,15-16H,4,6-14H2,1-3H3. The van der Waals surface area contributed by atoms with Crippen LogP contribution in [0, 0.1) is 6.54 Å². The Labute approximate surface area is 120 Å². The molecule has 1 atom stereocenters. The fraction of sp³-hybridized carbons (Fsp3) is 0.933. The Morgan fingerprint density at radius 2 is 1.42 bits per heavy atom. The molecule has 0 spiro atoms. The molecular formula is C15H32NO2S. The normalized spacial score (nSPS) is 13.6. The summed E-state index contributed by atoms with van der Waals surface area (Å²) in [5, 5.41) is -0.284. The SMILES string of the molecule is C[CH]NS(=O)(=O)C(C)CCCCCCCCCCC. The average Bonchev–Trinajstić information content (AvgIpc) is 2.36. The Kier molecular flexibility index (Phi) is 11.7. The molecule has 0 aliphatic carbocycles. The molecule has 0 saturated heterocycles. The van der Waals surface area contributed by atoms with Crippen molar-refractivity contribution in [1.82, 2.24) is 4.72 Å². The fourth-order valence-electron chi connectivity index (χ4n) is 2.18. The molecule has 115 valence electrons. The van der Waals surface area contributed by atoms with Gasteiger partial charge in [-0.25, -0.2) is 13.1 Å². The van der Waals surface area contributed by atoms with Crippen molar-refractivity contribution in [3.63, 3.8) is 0 Å². The average molecular weight is 290 g/mol. The van der Waals surface area contributed by atoms with Crippen LogP contribution in [0.25, 0.3) is 0 Å².